The van der Waals surface area contributed by atoms with E-state index in [4.69, 9.17) is 4.74 Å². The van der Waals surface area contributed by atoms with Crippen LogP contribution >= 0.6 is 11.3 Å². The number of rotatable bonds is 3. The Labute approximate surface area is 171 Å². The molecule has 1 saturated heterocycles. The Morgan fingerprint density at radius 2 is 1.90 bits per heavy atom. The van der Waals surface area contributed by atoms with Gasteiger partial charge in [0, 0.05) is 24.0 Å². The second kappa shape index (κ2) is 7.42. The zero-order valence-corrected chi connectivity index (χ0v) is 16.5. The lowest BCUT2D eigenvalue weighted by atomic mass is 10.0. The van der Waals surface area contributed by atoms with E-state index in [2.05, 4.69) is 29.2 Å². The number of nitrogens with zero attached hydrogens (tertiary/aromatic N) is 3. The minimum Gasteiger partial charge on any atom is -0.378 e. The molecule has 0 aliphatic carbocycles. The van der Waals surface area contributed by atoms with Crippen molar-refractivity contribution in [2.75, 3.05) is 26.3 Å². The summed E-state index contributed by atoms with van der Waals surface area (Å²) in [4.78, 5) is 32.6. The number of benzene rings is 2. The summed E-state index contributed by atoms with van der Waals surface area (Å²) < 4.78 is 6.71. The summed E-state index contributed by atoms with van der Waals surface area (Å²) in [5.74, 6) is -0.0842. The van der Waals surface area contributed by atoms with Gasteiger partial charge in [0.05, 0.1) is 24.9 Å². The first-order valence-corrected chi connectivity index (χ1v) is 10.4. The van der Waals surface area contributed by atoms with Crippen molar-refractivity contribution < 1.29 is 9.53 Å². The third-order valence-electron chi connectivity index (χ3n) is 5.29. The normalized spacial score (nSPS) is 14.6. The van der Waals surface area contributed by atoms with E-state index in [1.807, 2.05) is 23.6 Å². The quantitative estimate of drug-likeness (QED) is 0.525. The zero-order chi connectivity index (χ0) is 19.8. The second-order valence-electron chi connectivity index (χ2n) is 7.06. The van der Waals surface area contributed by atoms with Crippen molar-refractivity contribution in [1.29, 1.82) is 0 Å². The fraction of sp³-hybridized carbons (Fsp3) is 0.227. The van der Waals surface area contributed by atoms with Gasteiger partial charge in [-0.1, -0.05) is 36.4 Å². The summed E-state index contributed by atoms with van der Waals surface area (Å²) in [5, 5.41) is 4.82. The number of amides is 1. The van der Waals surface area contributed by atoms with Crippen molar-refractivity contribution in [3.63, 3.8) is 0 Å². The van der Waals surface area contributed by atoms with Crippen LogP contribution in [0.15, 0.2) is 59.0 Å². The monoisotopic (exact) mass is 405 g/mol. The Morgan fingerprint density at radius 3 is 2.72 bits per heavy atom. The zero-order valence-electron chi connectivity index (χ0n) is 15.7. The first kappa shape index (κ1) is 18.0. The first-order valence-electron chi connectivity index (χ1n) is 9.52. The lowest BCUT2D eigenvalue weighted by Crippen LogP contribution is -2.43. The molecule has 0 bridgehead atoms. The fourth-order valence-electron chi connectivity index (χ4n) is 3.71. The molecular formula is C22H19N3O3S. The second-order valence-corrected chi connectivity index (χ2v) is 7.92. The average molecular weight is 405 g/mol. The highest BCUT2D eigenvalue weighted by atomic mass is 32.1. The standard InChI is InChI=1S/C22H19N3O3S/c26-19(24-7-9-28-10-8-24)12-25-14-23-21-20(22(25)27)18(13-29-21)17-6-5-15-3-1-2-4-16(15)11-17/h1-6,11,13-14H,7-10,12H2. The summed E-state index contributed by atoms with van der Waals surface area (Å²) in [7, 11) is 0. The van der Waals surface area contributed by atoms with Crippen molar-refractivity contribution in [2.45, 2.75) is 6.54 Å². The smallest absolute Gasteiger partial charge is 0.263 e. The van der Waals surface area contributed by atoms with Gasteiger partial charge in [-0.15, -0.1) is 11.3 Å². The molecule has 5 rings (SSSR count). The molecule has 4 aromatic rings. The van der Waals surface area contributed by atoms with Crippen LogP contribution in [0.5, 0.6) is 0 Å². The van der Waals surface area contributed by atoms with Gasteiger partial charge >= 0.3 is 0 Å². The van der Waals surface area contributed by atoms with Crippen molar-refractivity contribution in [3.05, 3.63) is 64.5 Å². The summed E-state index contributed by atoms with van der Waals surface area (Å²) in [5.41, 5.74) is 1.66. The number of fused-ring (bicyclic) bond motifs is 2. The van der Waals surface area contributed by atoms with Crippen LogP contribution in [0.25, 0.3) is 32.1 Å². The highest BCUT2D eigenvalue weighted by Gasteiger charge is 2.19. The molecular weight excluding hydrogens is 386 g/mol. The van der Waals surface area contributed by atoms with Gasteiger partial charge in [-0.05, 0) is 22.4 Å². The van der Waals surface area contributed by atoms with Crippen molar-refractivity contribution in [2.24, 2.45) is 0 Å². The van der Waals surface area contributed by atoms with Crippen molar-refractivity contribution in [1.82, 2.24) is 14.5 Å². The number of hydrogen-bond acceptors (Lipinski definition) is 5. The summed E-state index contributed by atoms with van der Waals surface area (Å²) in [6.45, 7) is 2.19. The maximum absolute atomic E-state index is 13.2. The van der Waals surface area contributed by atoms with E-state index >= 15 is 0 Å². The van der Waals surface area contributed by atoms with Crippen LogP contribution in [0.4, 0.5) is 0 Å². The molecule has 2 aromatic heterocycles. The Balaban J connectivity index is 1.54. The van der Waals surface area contributed by atoms with E-state index < -0.39 is 0 Å². The molecule has 1 amide bonds. The van der Waals surface area contributed by atoms with Crippen molar-refractivity contribution >= 4 is 38.2 Å². The predicted molar refractivity (Wildman–Crippen MR) is 114 cm³/mol. The third kappa shape index (κ3) is 3.32. The fourth-order valence-corrected chi connectivity index (χ4v) is 4.61. The van der Waals surface area contributed by atoms with Crippen LogP contribution in [0, 0.1) is 0 Å². The average Bonchev–Trinajstić information content (AvgIpc) is 3.21. The number of carbonyl (C=O) groups excluding carboxylic acids is 1. The number of ether oxygens (including phenoxy) is 1. The molecule has 0 N–H and O–H groups in total. The molecule has 0 unspecified atom stereocenters. The number of thiophene rings is 1. The predicted octanol–water partition coefficient (Wildman–Crippen LogP) is 3.14. The van der Waals surface area contributed by atoms with Crippen LogP contribution < -0.4 is 5.56 Å². The van der Waals surface area contributed by atoms with E-state index in [9.17, 15) is 9.59 Å². The molecule has 29 heavy (non-hydrogen) atoms. The Morgan fingerprint density at radius 1 is 1.10 bits per heavy atom. The van der Waals surface area contributed by atoms with Gasteiger partial charge in [0.15, 0.2) is 0 Å². The highest BCUT2D eigenvalue weighted by Crippen LogP contribution is 2.32. The Hall–Kier alpha value is -3.03. The third-order valence-corrected chi connectivity index (χ3v) is 6.18. The lowest BCUT2D eigenvalue weighted by molar-refractivity contribution is -0.135. The van der Waals surface area contributed by atoms with Crippen LogP contribution in [-0.4, -0.2) is 46.7 Å². The molecule has 3 heterocycles. The van der Waals surface area contributed by atoms with Gasteiger partial charge in [-0.2, -0.15) is 0 Å². The van der Waals surface area contributed by atoms with Gasteiger partial charge in [0.2, 0.25) is 5.91 Å². The van der Waals surface area contributed by atoms with Gasteiger partial charge in [-0.25, -0.2) is 4.98 Å². The topological polar surface area (TPSA) is 64.4 Å². The number of carbonyl (C=O) groups is 1. The van der Waals surface area contributed by atoms with E-state index in [1.165, 1.54) is 22.2 Å². The van der Waals surface area contributed by atoms with Crippen LogP contribution in [0.1, 0.15) is 0 Å². The SMILES string of the molecule is O=C(Cn1cnc2scc(-c3ccc4ccccc4c3)c2c1=O)N1CCOCC1. The van der Waals surface area contributed by atoms with E-state index in [1.54, 1.807) is 4.90 Å². The Bertz CT molecular complexity index is 1270. The highest BCUT2D eigenvalue weighted by molar-refractivity contribution is 7.17. The molecule has 1 aliphatic heterocycles. The van der Waals surface area contributed by atoms with Crippen LogP contribution in [-0.2, 0) is 16.1 Å². The van der Waals surface area contributed by atoms with Crippen LogP contribution in [0.2, 0.25) is 0 Å². The molecule has 6 nitrogen and oxygen atoms in total. The lowest BCUT2D eigenvalue weighted by Gasteiger charge is -2.26. The summed E-state index contributed by atoms with van der Waals surface area (Å²) >= 11 is 1.45. The summed E-state index contributed by atoms with van der Waals surface area (Å²) in [6, 6.07) is 14.3. The molecule has 0 radical (unpaired) electrons. The van der Waals surface area contributed by atoms with Gasteiger partial charge in [-0.3, -0.25) is 14.2 Å². The maximum Gasteiger partial charge on any atom is 0.263 e. The van der Waals surface area contributed by atoms with E-state index in [-0.39, 0.29) is 18.0 Å². The number of morpholine rings is 1. The maximum atomic E-state index is 13.2. The van der Waals surface area contributed by atoms with Gasteiger partial charge in [0.1, 0.15) is 11.4 Å². The number of hydrogen-bond donors (Lipinski definition) is 0. The van der Waals surface area contributed by atoms with E-state index in [0.29, 0.717) is 36.5 Å². The number of aromatic nitrogens is 2. The largest absolute Gasteiger partial charge is 0.378 e. The van der Waals surface area contributed by atoms with Gasteiger partial charge < -0.3 is 9.64 Å². The minimum absolute atomic E-state index is 0.00518. The van der Waals surface area contributed by atoms with E-state index in [0.717, 1.165) is 21.9 Å². The first-order chi connectivity index (χ1) is 14.2. The molecule has 2 aromatic carbocycles. The molecule has 1 fully saturated rings. The van der Waals surface area contributed by atoms with Gasteiger partial charge in [0.25, 0.3) is 5.56 Å². The molecule has 146 valence electrons. The molecule has 0 atom stereocenters. The minimum atomic E-state index is -0.180. The molecule has 7 heteroatoms. The summed E-state index contributed by atoms with van der Waals surface area (Å²) in [6.07, 6.45) is 1.48. The molecule has 0 saturated carbocycles. The van der Waals surface area contributed by atoms with Crippen molar-refractivity contribution in [3.8, 4) is 11.1 Å². The molecule has 0 spiro atoms. The molecule has 1 aliphatic rings. The Kier molecular flexibility index (Phi) is 4.61. The van der Waals surface area contributed by atoms with Crippen LogP contribution in [0.3, 0.4) is 0 Å².